The van der Waals surface area contributed by atoms with Crippen LogP contribution in [0, 0.1) is 5.82 Å². The average molecular weight is 425 g/mol. The van der Waals surface area contributed by atoms with Gasteiger partial charge >= 0.3 is 0 Å². The number of halogens is 1. The number of H-pyrrole nitrogens is 2. The Morgan fingerprint density at radius 2 is 2.03 bits per heavy atom. The maximum atomic E-state index is 13.8. The molecule has 0 atom stereocenters. The van der Waals surface area contributed by atoms with Crippen molar-refractivity contribution < 1.29 is 4.39 Å². The predicted octanol–water partition coefficient (Wildman–Crippen LogP) is 4.23. The third-order valence-corrected chi connectivity index (χ3v) is 5.74. The van der Waals surface area contributed by atoms with Gasteiger partial charge in [-0.3, -0.25) is 5.10 Å². The number of rotatable bonds is 4. The Kier molecular flexibility index (Phi) is 4.43. The molecule has 0 saturated heterocycles. The minimum Gasteiger partial charge on any atom is -0.337 e. The first-order valence-electron chi connectivity index (χ1n) is 10.5. The van der Waals surface area contributed by atoms with E-state index in [4.69, 9.17) is 4.98 Å². The van der Waals surface area contributed by atoms with Crippen LogP contribution in [-0.2, 0) is 13.1 Å². The van der Waals surface area contributed by atoms with Crippen LogP contribution in [0.3, 0.4) is 0 Å². The largest absolute Gasteiger partial charge is 0.337 e. The number of hydrogen-bond donors (Lipinski definition) is 3. The average Bonchev–Trinajstić information content (AvgIpc) is 3.54. The Balaban J connectivity index is 1.38. The van der Waals surface area contributed by atoms with E-state index < -0.39 is 0 Å². The van der Waals surface area contributed by atoms with Gasteiger partial charge in [0.15, 0.2) is 5.82 Å². The first kappa shape index (κ1) is 18.7. The highest BCUT2D eigenvalue weighted by Gasteiger charge is 2.15. The van der Waals surface area contributed by atoms with Crippen LogP contribution in [0.4, 0.5) is 4.39 Å². The van der Waals surface area contributed by atoms with Crippen LogP contribution in [0.5, 0.6) is 0 Å². The molecule has 3 aromatic heterocycles. The zero-order valence-electron chi connectivity index (χ0n) is 17.1. The number of nitrogens with zero attached hydrogens (tertiary/aromatic N) is 4. The second-order valence-electron chi connectivity index (χ2n) is 7.75. The van der Waals surface area contributed by atoms with Crippen LogP contribution < -0.4 is 5.32 Å². The number of nitrogens with one attached hydrogen (secondary N) is 3. The lowest BCUT2D eigenvalue weighted by atomic mass is 10.0. The highest BCUT2D eigenvalue weighted by atomic mass is 19.1. The predicted molar refractivity (Wildman–Crippen MR) is 122 cm³/mol. The molecule has 0 amide bonds. The van der Waals surface area contributed by atoms with Crippen molar-refractivity contribution in [2.75, 3.05) is 6.54 Å². The van der Waals surface area contributed by atoms with Gasteiger partial charge in [-0.2, -0.15) is 5.10 Å². The molecule has 2 aromatic carbocycles. The van der Waals surface area contributed by atoms with Gasteiger partial charge in [-0.15, -0.1) is 0 Å². The molecule has 1 aliphatic heterocycles. The standard InChI is InChI=1S/C24H20FN7/c25-17-4-1-3-15(11-17)19-5-2-6-20-23(19)30-24(29-20)22-16(12-28-31-22)7-8-18-13-27-21-14-26-9-10-32(18)21/h1-8,11-13,26H,9-10,14H2,(H,28,31)(H,29,30). The summed E-state index contributed by atoms with van der Waals surface area (Å²) in [5.41, 5.74) is 6.02. The maximum Gasteiger partial charge on any atom is 0.159 e. The Hall–Kier alpha value is -4.04. The van der Waals surface area contributed by atoms with Gasteiger partial charge in [-0.1, -0.05) is 24.3 Å². The third-order valence-electron chi connectivity index (χ3n) is 5.74. The minimum absolute atomic E-state index is 0.271. The van der Waals surface area contributed by atoms with E-state index in [-0.39, 0.29) is 5.82 Å². The molecule has 32 heavy (non-hydrogen) atoms. The molecule has 0 spiro atoms. The van der Waals surface area contributed by atoms with Crippen molar-refractivity contribution in [1.29, 1.82) is 0 Å². The van der Waals surface area contributed by atoms with Gasteiger partial charge in [0.05, 0.1) is 29.5 Å². The first-order valence-corrected chi connectivity index (χ1v) is 10.5. The number of aromatic amines is 2. The van der Waals surface area contributed by atoms with Crippen LogP contribution in [0.15, 0.2) is 54.9 Å². The normalized spacial score (nSPS) is 13.8. The molecule has 0 aliphatic carbocycles. The summed E-state index contributed by atoms with van der Waals surface area (Å²) in [4.78, 5) is 12.7. The molecular weight excluding hydrogens is 405 g/mol. The van der Waals surface area contributed by atoms with E-state index in [2.05, 4.69) is 36.1 Å². The Labute approximate surface area is 183 Å². The van der Waals surface area contributed by atoms with Gasteiger partial charge in [0.2, 0.25) is 0 Å². The van der Waals surface area contributed by atoms with E-state index in [9.17, 15) is 4.39 Å². The number of para-hydroxylation sites is 1. The van der Waals surface area contributed by atoms with Gasteiger partial charge in [0.1, 0.15) is 17.3 Å². The minimum atomic E-state index is -0.271. The maximum absolute atomic E-state index is 13.8. The van der Waals surface area contributed by atoms with Crippen molar-refractivity contribution >= 4 is 23.2 Å². The molecule has 6 rings (SSSR count). The molecule has 0 unspecified atom stereocenters. The molecule has 1 aliphatic rings. The highest BCUT2D eigenvalue weighted by Crippen LogP contribution is 2.30. The summed E-state index contributed by atoms with van der Waals surface area (Å²) in [6, 6.07) is 12.4. The second-order valence-corrected chi connectivity index (χ2v) is 7.75. The number of fused-ring (bicyclic) bond motifs is 2. The van der Waals surface area contributed by atoms with Crippen molar-refractivity contribution in [3.05, 3.63) is 77.8 Å². The topological polar surface area (TPSA) is 87.2 Å². The molecule has 3 N–H and O–H groups in total. The van der Waals surface area contributed by atoms with Gasteiger partial charge in [0, 0.05) is 30.4 Å². The fraction of sp³-hybridized carbons (Fsp3) is 0.125. The number of imidazole rings is 2. The monoisotopic (exact) mass is 425 g/mol. The fourth-order valence-corrected chi connectivity index (χ4v) is 4.18. The van der Waals surface area contributed by atoms with Crippen LogP contribution >= 0.6 is 0 Å². The summed E-state index contributed by atoms with van der Waals surface area (Å²) in [7, 11) is 0. The van der Waals surface area contributed by atoms with E-state index in [1.165, 1.54) is 12.1 Å². The molecule has 0 fully saturated rings. The van der Waals surface area contributed by atoms with Crippen molar-refractivity contribution in [2.24, 2.45) is 0 Å². The summed E-state index contributed by atoms with van der Waals surface area (Å²) >= 11 is 0. The lowest BCUT2D eigenvalue weighted by Crippen LogP contribution is -2.28. The van der Waals surface area contributed by atoms with Crippen molar-refractivity contribution in [1.82, 2.24) is 35.0 Å². The summed E-state index contributed by atoms with van der Waals surface area (Å²) in [6.45, 7) is 2.63. The zero-order chi connectivity index (χ0) is 21.5. The highest BCUT2D eigenvalue weighted by molar-refractivity contribution is 5.94. The van der Waals surface area contributed by atoms with Crippen molar-refractivity contribution in [2.45, 2.75) is 13.1 Å². The molecule has 5 aromatic rings. The molecule has 0 bridgehead atoms. The second kappa shape index (κ2) is 7.58. The lowest BCUT2D eigenvalue weighted by Gasteiger charge is -2.16. The van der Waals surface area contributed by atoms with E-state index in [0.717, 1.165) is 64.6 Å². The zero-order valence-corrected chi connectivity index (χ0v) is 17.1. The number of aromatic nitrogens is 6. The third kappa shape index (κ3) is 3.21. The molecule has 0 radical (unpaired) electrons. The smallest absolute Gasteiger partial charge is 0.159 e. The van der Waals surface area contributed by atoms with E-state index in [0.29, 0.717) is 5.82 Å². The molecular formula is C24H20FN7. The van der Waals surface area contributed by atoms with Crippen LogP contribution in [-0.4, -0.2) is 36.3 Å². The Morgan fingerprint density at radius 3 is 2.97 bits per heavy atom. The molecule has 0 saturated carbocycles. The van der Waals surface area contributed by atoms with Crippen LogP contribution in [0.25, 0.3) is 45.8 Å². The lowest BCUT2D eigenvalue weighted by molar-refractivity contribution is 0.503. The number of hydrogen-bond acceptors (Lipinski definition) is 4. The van der Waals surface area contributed by atoms with E-state index in [1.54, 1.807) is 6.07 Å². The summed E-state index contributed by atoms with van der Waals surface area (Å²) in [5, 5.41) is 10.7. The number of benzene rings is 2. The van der Waals surface area contributed by atoms with E-state index >= 15 is 0 Å². The fourth-order valence-electron chi connectivity index (χ4n) is 4.18. The van der Waals surface area contributed by atoms with Gasteiger partial charge in [-0.05, 0) is 35.9 Å². The SMILES string of the molecule is Fc1cccc(-c2cccc3[nH]c(-c4n[nH]cc4C=Cc4cnc5n4CCNC5)nc23)c1. The van der Waals surface area contributed by atoms with Crippen LogP contribution in [0.1, 0.15) is 17.1 Å². The Bertz CT molecular complexity index is 1460. The molecule has 158 valence electrons. The van der Waals surface area contributed by atoms with Gasteiger partial charge < -0.3 is 14.9 Å². The summed E-state index contributed by atoms with van der Waals surface area (Å²) < 4.78 is 16.0. The molecule has 4 heterocycles. The van der Waals surface area contributed by atoms with Gasteiger partial charge in [0.25, 0.3) is 0 Å². The summed E-state index contributed by atoms with van der Waals surface area (Å²) in [6.07, 6.45) is 7.81. The quantitative estimate of drug-likeness (QED) is 0.402. The summed E-state index contributed by atoms with van der Waals surface area (Å²) in [5.74, 6) is 1.43. The van der Waals surface area contributed by atoms with Crippen LogP contribution in [0.2, 0.25) is 0 Å². The Morgan fingerprint density at radius 1 is 1.09 bits per heavy atom. The van der Waals surface area contributed by atoms with Gasteiger partial charge in [-0.25, -0.2) is 14.4 Å². The molecule has 7 nitrogen and oxygen atoms in total. The van der Waals surface area contributed by atoms with Crippen molar-refractivity contribution in [3.63, 3.8) is 0 Å². The first-order chi connectivity index (χ1) is 15.8. The van der Waals surface area contributed by atoms with Crippen molar-refractivity contribution in [3.8, 4) is 22.6 Å². The molecule has 8 heteroatoms. The van der Waals surface area contributed by atoms with E-state index in [1.807, 2.05) is 42.7 Å².